The molecule has 0 saturated carbocycles. The summed E-state index contributed by atoms with van der Waals surface area (Å²) in [6.07, 6.45) is 4.99. The molecule has 0 fully saturated rings. The maximum Gasteiger partial charge on any atom is 0.307 e. The smallest absolute Gasteiger partial charge is 0.307 e. The molecule has 0 bridgehead atoms. The first-order valence-electron chi connectivity index (χ1n) is 5.33. The number of rotatable bonds is 3. The van der Waals surface area contributed by atoms with E-state index in [1.165, 1.54) is 11.3 Å². The van der Waals surface area contributed by atoms with Crippen LogP contribution in [0.4, 0.5) is 0 Å². The molecule has 2 rings (SSSR count). The van der Waals surface area contributed by atoms with E-state index in [4.69, 9.17) is 5.11 Å². The highest BCUT2D eigenvalue weighted by atomic mass is 32.1. The van der Waals surface area contributed by atoms with Crippen molar-refractivity contribution in [2.45, 2.75) is 27.2 Å². The van der Waals surface area contributed by atoms with Gasteiger partial charge in [-0.15, -0.1) is 11.3 Å². The van der Waals surface area contributed by atoms with Crippen molar-refractivity contribution in [3.8, 4) is 5.13 Å². The van der Waals surface area contributed by atoms with Gasteiger partial charge >= 0.3 is 5.97 Å². The lowest BCUT2D eigenvalue weighted by atomic mass is 10.3. The quantitative estimate of drug-likeness (QED) is 0.911. The van der Waals surface area contributed by atoms with Gasteiger partial charge in [0.1, 0.15) is 0 Å². The zero-order chi connectivity index (χ0) is 12.8. The highest BCUT2D eigenvalue weighted by Gasteiger charge is 2.06. The SMILES string of the molecule is CC.Cc1cnc(-n2cc(CC(=O)O)cn2)s1. The summed E-state index contributed by atoms with van der Waals surface area (Å²) in [5.74, 6) is -0.857. The average molecular weight is 253 g/mol. The third-order valence-electron chi connectivity index (χ3n) is 1.80. The van der Waals surface area contributed by atoms with E-state index in [2.05, 4.69) is 10.1 Å². The Balaban J connectivity index is 0.000000686. The van der Waals surface area contributed by atoms with Crippen molar-refractivity contribution in [3.05, 3.63) is 29.0 Å². The minimum Gasteiger partial charge on any atom is -0.481 e. The predicted molar refractivity (Wildman–Crippen MR) is 66.7 cm³/mol. The van der Waals surface area contributed by atoms with Gasteiger partial charge in [0.05, 0.1) is 12.6 Å². The molecule has 0 radical (unpaired) electrons. The molecule has 0 unspecified atom stereocenters. The summed E-state index contributed by atoms with van der Waals surface area (Å²) in [5.41, 5.74) is 0.676. The molecule has 5 nitrogen and oxygen atoms in total. The largest absolute Gasteiger partial charge is 0.481 e. The lowest BCUT2D eigenvalue weighted by molar-refractivity contribution is -0.136. The van der Waals surface area contributed by atoms with Crippen molar-refractivity contribution >= 4 is 17.3 Å². The number of carboxylic acid groups (broad SMARTS) is 1. The van der Waals surface area contributed by atoms with Crippen LogP contribution in [0, 0.1) is 6.92 Å². The first-order valence-corrected chi connectivity index (χ1v) is 6.15. The Labute approximate surface area is 104 Å². The monoisotopic (exact) mass is 253 g/mol. The highest BCUT2D eigenvalue weighted by Crippen LogP contribution is 2.15. The van der Waals surface area contributed by atoms with E-state index < -0.39 is 5.97 Å². The number of aromatic nitrogens is 3. The van der Waals surface area contributed by atoms with Gasteiger partial charge in [-0.1, -0.05) is 13.8 Å². The van der Waals surface area contributed by atoms with E-state index in [0.29, 0.717) is 5.56 Å². The van der Waals surface area contributed by atoms with Crippen molar-refractivity contribution in [1.29, 1.82) is 0 Å². The molecule has 0 atom stereocenters. The Kier molecular flexibility index (Phi) is 4.84. The molecule has 0 spiro atoms. The van der Waals surface area contributed by atoms with Gasteiger partial charge < -0.3 is 5.11 Å². The molecule has 2 heterocycles. The Morgan fingerprint density at radius 3 is 2.71 bits per heavy atom. The Morgan fingerprint density at radius 1 is 1.47 bits per heavy atom. The molecule has 0 amide bonds. The standard InChI is InChI=1S/C9H9N3O2S.C2H6/c1-6-3-10-9(15-6)12-5-7(4-11-12)2-8(13)14;1-2/h3-5H,2H2,1H3,(H,13,14);1-2H3. The molecule has 6 heteroatoms. The van der Waals surface area contributed by atoms with Crippen LogP contribution >= 0.6 is 11.3 Å². The third-order valence-corrected chi connectivity index (χ3v) is 2.70. The van der Waals surface area contributed by atoms with Gasteiger partial charge in [0, 0.05) is 22.8 Å². The summed E-state index contributed by atoms with van der Waals surface area (Å²) in [5, 5.41) is 13.4. The van der Waals surface area contributed by atoms with E-state index >= 15 is 0 Å². The molecule has 0 aliphatic rings. The number of hydrogen-bond acceptors (Lipinski definition) is 4. The van der Waals surface area contributed by atoms with E-state index in [1.54, 1.807) is 23.3 Å². The molecule has 1 N–H and O–H groups in total. The Bertz CT molecular complexity index is 490. The van der Waals surface area contributed by atoms with Gasteiger partial charge in [0.15, 0.2) is 0 Å². The third kappa shape index (κ3) is 3.67. The van der Waals surface area contributed by atoms with Crippen LogP contribution in [0.25, 0.3) is 5.13 Å². The van der Waals surface area contributed by atoms with Gasteiger partial charge in [-0.3, -0.25) is 4.79 Å². The van der Waals surface area contributed by atoms with Gasteiger partial charge in [-0.05, 0) is 6.92 Å². The molecule has 0 aliphatic carbocycles. The van der Waals surface area contributed by atoms with Gasteiger partial charge in [-0.2, -0.15) is 5.10 Å². The van der Waals surface area contributed by atoms with Crippen molar-refractivity contribution in [3.63, 3.8) is 0 Å². The molecule has 0 aromatic carbocycles. The number of hydrogen-bond donors (Lipinski definition) is 1. The van der Waals surface area contributed by atoms with E-state index in [-0.39, 0.29) is 6.42 Å². The van der Waals surface area contributed by atoms with Crippen LogP contribution in [0.3, 0.4) is 0 Å². The summed E-state index contributed by atoms with van der Waals surface area (Å²) in [7, 11) is 0. The van der Waals surface area contributed by atoms with Gasteiger partial charge in [-0.25, -0.2) is 9.67 Å². The lowest BCUT2D eigenvalue weighted by Crippen LogP contribution is -1.98. The van der Waals surface area contributed by atoms with Crippen LogP contribution in [-0.4, -0.2) is 25.8 Å². The van der Waals surface area contributed by atoms with Crippen LogP contribution in [0.2, 0.25) is 0 Å². The van der Waals surface area contributed by atoms with Crippen molar-refractivity contribution < 1.29 is 9.90 Å². The molecule has 17 heavy (non-hydrogen) atoms. The van der Waals surface area contributed by atoms with Crippen molar-refractivity contribution in [1.82, 2.24) is 14.8 Å². The van der Waals surface area contributed by atoms with Crippen LogP contribution in [0.15, 0.2) is 18.6 Å². The topological polar surface area (TPSA) is 68.0 Å². The second kappa shape index (κ2) is 6.15. The number of aliphatic carboxylic acids is 1. The normalized spacial score (nSPS) is 9.59. The Hall–Kier alpha value is -1.69. The van der Waals surface area contributed by atoms with Crippen LogP contribution < -0.4 is 0 Å². The van der Waals surface area contributed by atoms with Crippen molar-refractivity contribution in [2.24, 2.45) is 0 Å². The minimum atomic E-state index is -0.857. The molecule has 0 saturated heterocycles. The van der Waals surface area contributed by atoms with E-state index in [1.807, 2.05) is 20.8 Å². The first-order chi connectivity index (χ1) is 8.15. The zero-order valence-corrected chi connectivity index (χ0v) is 10.9. The maximum atomic E-state index is 10.5. The average Bonchev–Trinajstić information content (AvgIpc) is 2.89. The number of carbonyl (C=O) groups is 1. The summed E-state index contributed by atoms with van der Waals surface area (Å²) >= 11 is 1.51. The fourth-order valence-corrected chi connectivity index (χ4v) is 1.87. The summed E-state index contributed by atoms with van der Waals surface area (Å²) < 4.78 is 1.59. The second-order valence-corrected chi connectivity index (χ2v) is 4.33. The predicted octanol–water partition coefficient (Wildman–Crippen LogP) is 2.29. The fourth-order valence-electron chi connectivity index (χ4n) is 1.18. The van der Waals surface area contributed by atoms with Crippen LogP contribution in [0.5, 0.6) is 0 Å². The summed E-state index contributed by atoms with van der Waals surface area (Å²) in [4.78, 5) is 15.7. The number of carboxylic acids is 1. The summed E-state index contributed by atoms with van der Waals surface area (Å²) in [6, 6.07) is 0. The van der Waals surface area contributed by atoms with Gasteiger partial charge in [0.25, 0.3) is 0 Å². The van der Waals surface area contributed by atoms with Crippen LogP contribution in [-0.2, 0) is 11.2 Å². The van der Waals surface area contributed by atoms with Crippen LogP contribution in [0.1, 0.15) is 24.3 Å². The van der Waals surface area contributed by atoms with E-state index in [0.717, 1.165) is 10.0 Å². The molecule has 2 aromatic rings. The number of nitrogens with zero attached hydrogens (tertiary/aromatic N) is 3. The molecular formula is C11H15N3O2S. The number of thiazole rings is 1. The van der Waals surface area contributed by atoms with E-state index in [9.17, 15) is 4.79 Å². The Morgan fingerprint density at radius 2 is 2.18 bits per heavy atom. The minimum absolute atomic E-state index is 0.00957. The molecular weight excluding hydrogens is 238 g/mol. The second-order valence-electron chi connectivity index (χ2n) is 3.12. The van der Waals surface area contributed by atoms with Gasteiger partial charge in [0.2, 0.25) is 5.13 Å². The fraction of sp³-hybridized carbons (Fsp3) is 0.364. The first kappa shape index (κ1) is 13.4. The maximum absolute atomic E-state index is 10.5. The lowest BCUT2D eigenvalue weighted by Gasteiger charge is -1.91. The van der Waals surface area contributed by atoms with Crippen molar-refractivity contribution in [2.75, 3.05) is 0 Å². The molecule has 0 aliphatic heterocycles. The molecule has 2 aromatic heterocycles. The summed E-state index contributed by atoms with van der Waals surface area (Å²) in [6.45, 7) is 5.96. The highest BCUT2D eigenvalue weighted by molar-refractivity contribution is 7.13. The zero-order valence-electron chi connectivity index (χ0n) is 10.0. The molecule has 92 valence electrons. The number of aryl methyl sites for hydroxylation is 1.